The van der Waals surface area contributed by atoms with Crippen LogP contribution in [0.2, 0.25) is 5.02 Å². The molecule has 2 rings (SSSR count). The van der Waals surface area contributed by atoms with Gasteiger partial charge in [-0.2, -0.15) is 0 Å². The SMILES string of the molecule is COc1ccc(Cl)cc1NCC(O)c1ccccc1F. The standard InChI is InChI=1S/C15H15ClFNO2/c1-20-15-7-6-10(16)8-13(15)18-9-14(19)11-4-2-3-5-12(11)17/h2-8,14,18-19H,9H2,1H3. The van der Waals surface area contributed by atoms with Crippen LogP contribution in [0.3, 0.4) is 0 Å². The van der Waals surface area contributed by atoms with Crippen LogP contribution >= 0.6 is 11.6 Å². The second-order valence-electron chi connectivity index (χ2n) is 4.26. The van der Waals surface area contributed by atoms with E-state index in [0.29, 0.717) is 16.5 Å². The summed E-state index contributed by atoms with van der Waals surface area (Å²) in [5.74, 6) is 0.176. The van der Waals surface area contributed by atoms with E-state index in [1.807, 2.05) is 0 Å². The third kappa shape index (κ3) is 3.40. The predicted molar refractivity (Wildman–Crippen MR) is 77.9 cm³/mol. The molecule has 0 saturated carbocycles. The maximum absolute atomic E-state index is 13.5. The van der Waals surface area contributed by atoms with Gasteiger partial charge < -0.3 is 15.2 Å². The molecule has 2 aromatic rings. The highest BCUT2D eigenvalue weighted by molar-refractivity contribution is 6.30. The number of aliphatic hydroxyl groups excluding tert-OH is 1. The fourth-order valence-corrected chi connectivity index (χ4v) is 2.05. The van der Waals surface area contributed by atoms with Crippen LogP contribution in [0.4, 0.5) is 10.1 Å². The normalized spacial score (nSPS) is 12.0. The first-order valence-corrected chi connectivity index (χ1v) is 6.49. The average molecular weight is 296 g/mol. The van der Waals surface area contributed by atoms with Crippen molar-refractivity contribution in [2.75, 3.05) is 19.0 Å². The number of hydrogen-bond donors (Lipinski definition) is 2. The summed E-state index contributed by atoms with van der Waals surface area (Å²) in [6.45, 7) is 0.150. The number of aliphatic hydroxyl groups is 1. The molecule has 0 spiro atoms. The molecule has 0 fully saturated rings. The Bertz CT molecular complexity index is 592. The highest BCUT2D eigenvalue weighted by Gasteiger charge is 2.13. The largest absolute Gasteiger partial charge is 0.495 e. The highest BCUT2D eigenvalue weighted by atomic mass is 35.5. The number of methoxy groups -OCH3 is 1. The van der Waals surface area contributed by atoms with E-state index < -0.39 is 11.9 Å². The molecule has 1 unspecified atom stereocenters. The smallest absolute Gasteiger partial charge is 0.142 e. The number of anilines is 1. The maximum Gasteiger partial charge on any atom is 0.142 e. The van der Waals surface area contributed by atoms with Crippen molar-refractivity contribution in [1.82, 2.24) is 0 Å². The van der Waals surface area contributed by atoms with Gasteiger partial charge in [0, 0.05) is 17.1 Å². The van der Waals surface area contributed by atoms with Crippen molar-refractivity contribution in [2.24, 2.45) is 0 Å². The molecule has 0 heterocycles. The fourth-order valence-electron chi connectivity index (χ4n) is 1.88. The highest BCUT2D eigenvalue weighted by Crippen LogP contribution is 2.28. The van der Waals surface area contributed by atoms with Crippen LogP contribution in [0.5, 0.6) is 5.75 Å². The number of benzene rings is 2. The number of hydrogen-bond acceptors (Lipinski definition) is 3. The monoisotopic (exact) mass is 295 g/mol. The summed E-state index contributed by atoms with van der Waals surface area (Å²) < 4.78 is 18.7. The molecule has 3 nitrogen and oxygen atoms in total. The van der Waals surface area contributed by atoms with E-state index in [-0.39, 0.29) is 12.1 Å². The summed E-state index contributed by atoms with van der Waals surface area (Å²) in [5, 5.41) is 13.6. The molecule has 2 N–H and O–H groups in total. The molecule has 0 saturated heterocycles. The van der Waals surface area contributed by atoms with Crippen molar-refractivity contribution in [2.45, 2.75) is 6.10 Å². The van der Waals surface area contributed by atoms with Crippen LogP contribution in [-0.4, -0.2) is 18.8 Å². The van der Waals surface area contributed by atoms with Gasteiger partial charge in [-0.25, -0.2) is 4.39 Å². The Kier molecular flexibility index (Phi) is 4.82. The molecule has 1 atom stereocenters. The van der Waals surface area contributed by atoms with Crippen LogP contribution in [0.15, 0.2) is 42.5 Å². The van der Waals surface area contributed by atoms with Gasteiger partial charge in [-0.05, 0) is 24.3 Å². The molecule has 0 aromatic heterocycles. The van der Waals surface area contributed by atoms with Gasteiger partial charge in [0.15, 0.2) is 0 Å². The average Bonchev–Trinajstić information content (AvgIpc) is 2.45. The first-order chi connectivity index (χ1) is 9.61. The Balaban J connectivity index is 2.09. The summed E-state index contributed by atoms with van der Waals surface area (Å²) in [6.07, 6.45) is -0.958. The minimum absolute atomic E-state index is 0.150. The van der Waals surface area contributed by atoms with Gasteiger partial charge in [0.1, 0.15) is 11.6 Å². The summed E-state index contributed by atoms with van der Waals surface area (Å²) in [4.78, 5) is 0. The molecular formula is C15H15ClFNO2. The zero-order chi connectivity index (χ0) is 14.5. The summed E-state index contributed by atoms with van der Waals surface area (Å²) >= 11 is 5.91. The fraction of sp³-hybridized carbons (Fsp3) is 0.200. The first kappa shape index (κ1) is 14.6. The van der Waals surface area contributed by atoms with Crippen molar-refractivity contribution < 1.29 is 14.2 Å². The van der Waals surface area contributed by atoms with Gasteiger partial charge in [-0.3, -0.25) is 0 Å². The summed E-state index contributed by atoms with van der Waals surface area (Å²) in [6, 6.07) is 11.3. The molecule has 2 aromatic carbocycles. The second-order valence-corrected chi connectivity index (χ2v) is 4.70. The molecule has 0 aliphatic carbocycles. The Morgan fingerprint density at radius 2 is 2.05 bits per heavy atom. The van der Waals surface area contributed by atoms with Gasteiger partial charge in [0.05, 0.1) is 18.9 Å². The van der Waals surface area contributed by atoms with Crippen molar-refractivity contribution in [1.29, 1.82) is 0 Å². The molecule has 0 aliphatic heterocycles. The molecule has 0 radical (unpaired) electrons. The number of rotatable bonds is 5. The van der Waals surface area contributed by atoms with Gasteiger partial charge in [-0.15, -0.1) is 0 Å². The third-order valence-electron chi connectivity index (χ3n) is 2.91. The minimum Gasteiger partial charge on any atom is -0.495 e. The lowest BCUT2D eigenvalue weighted by Gasteiger charge is -2.16. The van der Waals surface area contributed by atoms with Gasteiger partial charge in [0.2, 0.25) is 0 Å². The predicted octanol–water partition coefficient (Wildman–Crippen LogP) is 3.63. The molecule has 0 aliphatic rings. The number of nitrogens with one attached hydrogen (secondary N) is 1. The molecular weight excluding hydrogens is 281 g/mol. The molecule has 0 bridgehead atoms. The van der Waals surface area contributed by atoms with E-state index in [2.05, 4.69) is 5.32 Å². The Hall–Kier alpha value is -1.78. The van der Waals surface area contributed by atoms with E-state index in [1.54, 1.807) is 43.5 Å². The Morgan fingerprint density at radius 1 is 1.30 bits per heavy atom. The minimum atomic E-state index is -0.958. The van der Waals surface area contributed by atoms with Crippen molar-refractivity contribution in [3.05, 3.63) is 58.9 Å². The third-order valence-corrected chi connectivity index (χ3v) is 3.15. The van der Waals surface area contributed by atoms with Crippen molar-refractivity contribution in [3.63, 3.8) is 0 Å². The topological polar surface area (TPSA) is 41.5 Å². The van der Waals surface area contributed by atoms with Crippen molar-refractivity contribution >= 4 is 17.3 Å². The van der Waals surface area contributed by atoms with Gasteiger partial charge in [-0.1, -0.05) is 29.8 Å². The zero-order valence-corrected chi connectivity index (χ0v) is 11.7. The van der Waals surface area contributed by atoms with Crippen molar-refractivity contribution in [3.8, 4) is 5.75 Å². The summed E-state index contributed by atoms with van der Waals surface area (Å²) in [5.41, 5.74) is 0.899. The Labute approximate surface area is 122 Å². The summed E-state index contributed by atoms with van der Waals surface area (Å²) in [7, 11) is 1.54. The van der Waals surface area contributed by atoms with Gasteiger partial charge >= 0.3 is 0 Å². The van der Waals surface area contributed by atoms with Crippen LogP contribution in [0.25, 0.3) is 0 Å². The molecule has 106 valence electrons. The van der Waals surface area contributed by atoms with Gasteiger partial charge in [0.25, 0.3) is 0 Å². The van der Waals surface area contributed by atoms with Crippen LogP contribution < -0.4 is 10.1 Å². The molecule has 20 heavy (non-hydrogen) atoms. The van der Waals surface area contributed by atoms with Crippen LogP contribution in [0, 0.1) is 5.82 Å². The van der Waals surface area contributed by atoms with E-state index in [0.717, 1.165) is 0 Å². The molecule has 5 heteroatoms. The van der Waals surface area contributed by atoms with E-state index >= 15 is 0 Å². The quantitative estimate of drug-likeness (QED) is 0.885. The lowest BCUT2D eigenvalue weighted by molar-refractivity contribution is 0.186. The second kappa shape index (κ2) is 6.59. The zero-order valence-electron chi connectivity index (χ0n) is 10.9. The lowest BCUT2D eigenvalue weighted by Crippen LogP contribution is -2.14. The van der Waals surface area contributed by atoms with E-state index in [9.17, 15) is 9.50 Å². The number of ether oxygens (including phenoxy) is 1. The lowest BCUT2D eigenvalue weighted by atomic mass is 10.1. The molecule has 0 amide bonds. The Morgan fingerprint density at radius 3 is 2.75 bits per heavy atom. The number of halogens is 2. The maximum atomic E-state index is 13.5. The van der Waals surface area contributed by atoms with E-state index in [1.165, 1.54) is 6.07 Å². The first-order valence-electron chi connectivity index (χ1n) is 6.11. The van der Waals surface area contributed by atoms with Crippen LogP contribution in [-0.2, 0) is 0 Å². The van der Waals surface area contributed by atoms with E-state index in [4.69, 9.17) is 16.3 Å². The van der Waals surface area contributed by atoms with Crippen LogP contribution in [0.1, 0.15) is 11.7 Å².